The van der Waals surface area contributed by atoms with Crippen molar-refractivity contribution in [2.45, 2.75) is 37.8 Å². The fraction of sp³-hybridized carbons (Fsp3) is 0.600. The van der Waals surface area contributed by atoms with Crippen LogP contribution in [-0.4, -0.2) is 25.3 Å². The monoisotopic (exact) mass is 249 g/mol. The second kappa shape index (κ2) is 5.37. The third-order valence-corrected chi connectivity index (χ3v) is 3.91. The van der Waals surface area contributed by atoms with Crippen LogP contribution in [0.25, 0.3) is 0 Å². The van der Waals surface area contributed by atoms with Crippen LogP contribution < -0.4 is 5.32 Å². The Labute approximate surface area is 108 Å². The van der Waals surface area contributed by atoms with Crippen molar-refractivity contribution in [1.29, 1.82) is 0 Å². The Kier molecular flexibility index (Phi) is 3.62. The van der Waals surface area contributed by atoms with Gasteiger partial charge in [-0.2, -0.15) is 0 Å². The van der Waals surface area contributed by atoms with E-state index in [9.17, 15) is 4.39 Å². The highest BCUT2D eigenvalue weighted by molar-refractivity contribution is 5.17. The van der Waals surface area contributed by atoms with Crippen LogP contribution >= 0.6 is 0 Å². The van der Waals surface area contributed by atoms with Gasteiger partial charge in [-0.1, -0.05) is 12.1 Å². The molecule has 1 N–H and O–H groups in total. The van der Waals surface area contributed by atoms with Gasteiger partial charge in [0, 0.05) is 24.6 Å². The minimum Gasteiger partial charge on any atom is -0.381 e. The van der Waals surface area contributed by atoms with E-state index in [2.05, 4.69) is 5.32 Å². The molecule has 2 aliphatic rings. The lowest BCUT2D eigenvalue weighted by Crippen LogP contribution is -2.44. The van der Waals surface area contributed by atoms with Crippen molar-refractivity contribution in [1.82, 2.24) is 5.32 Å². The SMILES string of the molecule is Fc1ccc(C[C@@H]2COCC[C@H]2NC2CC2)cc1. The zero-order valence-corrected chi connectivity index (χ0v) is 10.6. The summed E-state index contributed by atoms with van der Waals surface area (Å²) in [4.78, 5) is 0. The molecule has 0 bridgehead atoms. The van der Waals surface area contributed by atoms with Crippen LogP contribution in [0.15, 0.2) is 24.3 Å². The van der Waals surface area contributed by atoms with E-state index in [0.717, 1.165) is 32.1 Å². The Morgan fingerprint density at radius 2 is 1.94 bits per heavy atom. The highest BCUT2D eigenvalue weighted by Crippen LogP contribution is 2.26. The number of benzene rings is 1. The molecule has 18 heavy (non-hydrogen) atoms. The normalized spacial score (nSPS) is 28.3. The van der Waals surface area contributed by atoms with Crippen LogP contribution in [0.3, 0.4) is 0 Å². The summed E-state index contributed by atoms with van der Waals surface area (Å²) in [6.45, 7) is 1.69. The summed E-state index contributed by atoms with van der Waals surface area (Å²) in [7, 11) is 0. The van der Waals surface area contributed by atoms with Crippen LogP contribution in [0.5, 0.6) is 0 Å². The van der Waals surface area contributed by atoms with Crippen LogP contribution in [0.4, 0.5) is 4.39 Å². The second-order valence-corrected chi connectivity index (χ2v) is 5.50. The lowest BCUT2D eigenvalue weighted by atomic mass is 9.89. The van der Waals surface area contributed by atoms with Gasteiger partial charge in [0.1, 0.15) is 5.82 Å². The van der Waals surface area contributed by atoms with Crippen LogP contribution in [-0.2, 0) is 11.2 Å². The van der Waals surface area contributed by atoms with Crippen LogP contribution in [0.2, 0.25) is 0 Å². The molecule has 0 radical (unpaired) electrons. The zero-order chi connectivity index (χ0) is 12.4. The van der Waals surface area contributed by atoms with Crippen molar-refractivity contribution < 1.29 is 9.13 Å². The van der Waals surface area contributed by atoms with E-state index in [4.69, 9.17) is 4.74 Å². The zero-order valence-electron chi connectivity index (χ0n) is 10.6. The number of ether oxygens (including phenoxy) is 1. The first-order chi connectivity index (χ1) is 8.81. The molecule has 0 aromatic heterocycles. The predicted molar refractivity (Wildman–Crippen MR) is 69.0 cm³/mol. The smallest absolute Gasteiger partial charge is 0.123 e. The van der Waals surface area contributed by atoms with Gasteiger partial charge in [-0.3, -0.25) is 0 Å². The summed E-state index contributed by atoms with van der Waals surface area (Å²) in [5.41, 5.74) is 1.20. The lowest BCUT2D eigenvalue weighted by Gasteiger charge is -2.32. The average molecular weight is 249 g/mol. The standard InChI is InChI=1S/C15H20FNO/c16-13-3-1-11(2-4-13)9-12-10-18-8-7-15(12)17-14-5-6-14/h1-4,12,14-15,17H,5-10H2/t12-,15-/m1/s1. The number of hydrogen-bond acceptors (Lipinski definition) is 2. The molecule has 1 aromatic rings. The third-order valence-electron chi connectivity index (χ3n) is 3.91. The summed E-state index contributed by atoms with van der Waals surface area (Å²) in [6.07, 6.45) is 4.72. The molecular weight excluding hydrogens is 229 g/mol. The van der Waals surface area contributed by atoms with Crippen molar-refractivity contribution in [2.24, 2.45) is 5.92 Å². The third kappa shape index (κ3) is 3.09. The van der Waals surface area contributed by atoms with E-state index < -0.39 is 0 Å². The molecule has 1 aliphatic heterocycles. The minimum atomic E-state index is -0.161. The van der Waals surface area contributed by atoms with Crippen LogP contribution in [0, 0.1) is 11.7 Å². The first-order valence-electron chi connectivity index (χ1n) is 6.89. The molecule has 0 spiro atoms. The maximum atomic E-state index is 12.9. The molecule has 3 rings (SSSR count). The van der Waals surface area contributed by atoms with E-state index in [1.54, 1.807) is 12.1 Å². The number of rotatable bonds is 4. The van der Waals surface area contributed by atoms with E-state index in [-0.39, 0.29) is 5.82 Å². The second-order valence-electron chi connectivity index (χ2n) is 5.50. The van der Waals surface area contributed by atoms with Crippen molar-refractivity contribution in [2.75, 3.05) is 13.2 Å². The van der Waals surface area contributed by atoms with E-state index in [0.29, 0.717) is 12.0 Å². The average Bonchev–Trinajstić information content (AvgIpc) is 3.18. The summed E-state index contributed by atoms with van der Waals surface area (Å²) < 4.78 is 18.5. The minimum absolute atomic E-state index is 0.161. The Morgan fingerprint density at radius 1 is 1.17 bits per heavy atom. The molecule has 98 valence electrons. The predicted octanol–water partition coefficient (Wildman–Crippen LogP) is 2.53. The molecule has 3 heteroatoms. The van der Waals surface area contributed by atoms with E-state index in [1.807, 2.05) is 12.1 Å². The summed E-state index contributed by atoms with van der Waals surface area (Å²) >= 11 is 0. The highest BCUT2D eigenvalue weighted by atomic mass is 19.1. The van der Waals surface area contributed by atoms with Gasteiger partial charge in [-0.05, 0) is 43.4 Å². The van der Waals surface area contributed by atoms with Gasteiger partial charge in [0.2, 0.25) is 0 Å². The number of nitrogens with one attached hydrogen (secondary N) is 1. The Balaban J connectivity index is 1.62. The fourth-order valence-electron chi connectivity index (χ4n) is 2.69. The van der Waals surface area contributed by atoms with Crippen molar-refractivity contribution >= 4 is 0 Å². The van der Waals surface area contributed by atoms with Crippen molar-refractivity contribution in [3.8, 4) is 0 Å². The molecule has 2 atom stereocenters. The molecular formula is C15H20FNO. The maximum Gasteiger partial charge on any atom is 0.123 e. The van der Waals surface area contributed by atoms with Gasteiger partial charge < -0.3 is 10.1 Å². The fourth-order valence-corrected chi connectivity index (χ4v) is 2.69. The number of hydrogen-bond donors (Lipinski definition) is 1. The molecule has 2 fully saturated rings. The van der Waals surface area contributed by atoms with Gasteiger partial charge in [0.15, 0.2) is 0 Å². The first-order valence-corrected chi connectivity index (χ1v) is 6.89. The highest BCUT2D eigenvalue weighted by Gasteiger charge is 2.31. The molecule has 1 saturated carbocycles. The molecule has 0 amide bonds. The largest absolute Gasteiger partial charge is 0.381 e. The van der Waals surface area contributed by atoms with Gasteiger partial charge in [0.25, 0.3) is 0 Å². The topological polar surface area (TPSA) is 21.3 Å². The molecule has 1 saturated heterocycles. The summed E-state index contributed by atoms with van der Waals surface area (Å²) in [5.74, 6) is 0.358. The Hall–Kier alpha value is -0.930. The first kappa shape index (κ1) is 12.1. The Morgan fingerprint density at radius 3 is 2.67 bits per heavy atom. The van der Waals surface area contributed by atoms with Crippen molar-refractivity contribution in [3.63, 3.8) is 0 Å². The molecule has 0 unspecified atom stereocenters. The molecule has 2 nitrogen and oxygen atoms in total. The van der Waals surface area contributed by atoms with Crippen molar-refractivity contribution in [3.05, 3.63) is 35.6 Å². The molecule has 1 aromatic carbocycles. The van der Waals surface area contributed by atoms with Gasteiger partial charge >= 0.3 is 0 Å². The Bertz CT molecular complexity index is 388. The maximum absolute atomic E-state index is 12.9. The van der Waals surface area contributed by atoms with E-state index >= 15 is 0 Å². The number of halogens is 1. The quantitative estimate of drug-likeness (QED) is 0.885. The van der Waals surface area contributed by atoms with Gasteiger partial charge in [-0.25, -0.2) is 4.39 Å². The summed E-state index contributed by atoms with van der Waals surface area (Å²) in [5, 5.41) is 3.72. The van der Waals surface area contributed by atoms with Gasteiger partial charge in [0.05, 0.1) is 6.61 Å². The van der Waals surface area contributed by atoms with Crippen LogP contribution in [0.1, 0.15) is 24.8 Å². The molecule has 1 aliphatic carbocycles. The lowest BCUT2D eigenvalue weighted by molar-refractivity contribution is 0.0316. The summed E-state index contributed by atoms with van der Waals surface area (Å²) in [6, 6.07) is 8.17. The van der Waals surface area contributed by atoms with E-state index in [1.165, 1.54) is 18.4 Å². The molecule has 1 heterocycles. The van der Waals surface area contributed by atoms with Gasteiger partial charge in [-0.15, -0.1) is 0 Å².